The SMILES string of the molecule is CSCCCNc1nccn2c(C)nnc12. The first-order chi connectivity index (χ1) is 7.83. The zero-order valence-corrected chi connectivity index (χ0v) is 10.3. The van der Waals surface area contributed by atoms with Gasteiger partial charge < -0.3 is 5.32 Å². The van der Waals surface area contributed by atoms with E-state index < -0.39 is 0 Å². The highest BCUT2D eigenvalue weighted by Gasteiger charge is 2.06. The summed E-state index contributed by atoms with van der Waals surface area (Å²) in [6, 6.07) is 0. The molecule has 0 spiro atoms. The Morgan fingerprint density at radius 2 is 2.31 bits per heavy atom. The first-order valence-electron chi connectivity index (χ1n) is 5.22. The third kappa shape index (κ3) is 2.27. The maximum absolute atomic E-state index is 4.28. The molecule has 1 N–H and O–H groups in total. The summed E-state index contributed by atoms with van der Waals surface area (Å²) in [6.07, 6.45) is 6.87. The maximum atomic E-state index is 4.28. The van der Waals surface area contributed by atoms with Crippen molar-refractivity contribution in [3.8, 4) is 0 Å². The third-order valence-electron chi connectivity index (χ3n) is 2.32. The molecule has 0 aliphatic heterocycles. The number of rotatable bonds is 5. The fourth-order valence-corrected chi connectivity index (χ4v) is 1.92. The van der Waals surface area contributed by atoms with Crippen molar-refractivity contribution < 1.29 is 0 Å². The van der Waals surface area contributed by atoms with Gasteiger partial charge in [-0.25, -0.2) is 4.98 Å². The molecule has 0 atom stereocenters. The van der Waals surface area contributed by atoms with Gasteiger partial charge in [-0.2, -0.15) is 11.8 Å². The Morgan fingerprint density at radius 3 is 3.12 bits per heavy atom. The van der Waals surface area contributed by atoms with Crippen LogP contribution in [0.15, 0.2) is 12.4 Å². The minimum atomic E-state index is 0.796. The zero-order valence-electron chi connectivity index (χ0n) is 9.47. The average molecular weight is 237 g/mol. The number of nitrogens with one attached hydrogen (secondary N) is 1. The molecule has 6 heteroatoms. The van der Waals surface area contributed by atoms with Crippen LogP contribution in [0.4, 0.5) is 5.82 Å². The van der Waals surface area contributed by atoms with Crippen LogP contribution in [-0.2, 0) is 0 Å². The van der Waals surface area contributed by atoms with Crippen molar-refractivity contribution in [1.29, 1.82) is 0 Å². The van der Waals surface area contributed by atoms with Crippen LogP contribution in [0.2, 0.25) is 0 Å². The lowest BCUT2D eigenvalue weighted by Gasteiger charge is -2.05. The van der Waals surface area contributed by atoms with E-state index in [9.17, 15) is 0 Å². The van der Waals surface area contributed by atoms with Gasteiger partial charge >= 0.3 is 0 Å². The highest BCUT2D eigenvalue weighted by atomic mass is 32.2. The molecule has 0 aliphatic rings. The number of nitrogens with zero attached hydrogens (tertiary/aromatic N) is 4. The summed E-state index contributed by atoms with van der Waals surface area (Å²) in [7, 11) is 0. The van der Waals surface area contributed by atoms with Gasteiger partial charge in [0, 0.05) is 18.9 Å². The normalized spacial score (nSPS) is 10.9. The van der Waals surface area contributed by atoms with Crippen LogP contribution in [-0.4, -0.2) is 38.1 Å². The Balaban J connectivity index is 2.11. The van der Waals surface area contributed by atoms with Crippen molar-refractivity contribution in [2.75, 3.05) is 23.9 Å². The van der Waals surface area contributed by atoms with Gasteiger partial charge in [-0.3, -0.25) is 4.40 Å². The van der Waals surface area contributed by atoms with Gasteiger partial charge in [0.15, 0.2) is 5.82 Å². The van der Waals surface area contributed by atoms with Gasteiger partial charge in [-0.15, -0.1) is 10.2 Å². The number of aryl methyl sites for hydroxylation is 1. The first kappa shape index (κ1) is 11.2. The largest absolute Gasteiger partial charge is 0.367 e. The molecule has 0 aromatic carbocycles. The molecule has 0 saturated heterocycles. The smallest absolute Gasteiger partial charge is 0.203 e. The van der Waals surface area contributed by atoms with Gasteiger partial charge in [-0.1, -0.05) is 0 Å². The van der Waals surface area contributed by atoms with E-state index in [-0.39, 0.29) is 0 Å². The van der Waals surface area contributed by atoms with E-state index >= 15 is 0 Å². The summed E-state index contributed by atoms with van der Waals surface area (Å²) in [6.45, 7) is 2.84. The van der Waals surface area contributed by atoms with E-state index in [2.05, 4.69) is 26.8 Å². The molecular weight excluding hydrogens is 222 g/mol. The third-order valence-corrected chi connectivity index (χ3v) is 3.01. The lowest BCUT2D eigenvalue weighted by Crippen LogP contribution is -2.06. The second-order valence-corrected chi connectivity index (χ2v) is 4.48. The predicted molar refractivity (Wildman–Crippen MR) is 67.0 cm³/mol. The molecule has 0 radical (unpaired) electrons. The van der Waals surface area contributed by atoms with Crippen molar-refractivity contribution in [3.05, 3.63) is 18.2 Å². The second kappa shape index (κ2) is 5.16. The highest BCUT2D eigenvalue weighted by Crippen LogP contribution is 2.11. The molecule has 0 bridgehead atoms. The van der Waals surface area contributed by atoms with Crippen LogP contribution < -0.4 is 5.32 Å². The van der Waals surface area contributed by atoms with Crippen LogP contribution in [0.25, 0.3) is 5.65 Å². The van der Waals surface area contributed by atoms with Crippen LogP contribution in [0, 0.1) is 6.92 Å². The fraction of sp³-hybridized carbons (Fsp3) is 0.500. The lowest BCUT2D eigenvalue weighted by atomic mass is 10.4. The summed E-state index contributed by atoms with van der Waals surface area (Å²) in [5.41, 5.74) is 0.796. The van der Waals surface area contributed by atoms with Crippen LogP contribution in [0.5, 0.6) is 0 Å². The van der Waals surface area contributed by atoms with Gasteiger partial charge in [0.1, 0.15) is 5.82 Å². The topological polar surface area (TPSA) is 55.1 Å². The zero-order chi connectivity index (χ0) is 11.4. The van der Waals surface area contributed by atoms with E-state index in [1.165, 1.54) is 0 Å². The molecule has 0 unspecified atom stereocenters. The Kier molecular flexibility index (Phi) is 3.61. The van der Waals surface area contributed by atoms with Crippen molar-refractivity contribution >= 4 is 23.2 Å². The summed E-state index contributed by atoms with van der Waals surface area (Å²) in [5.74, 6) is 2.84. The first-order valence-corrected chi connectivity index (χ1v) is 6.61. The van der Waals surface area contributed by atoms with E-state index in [1.807, 2.05) is 29.3 Å². The van der Waals surface area contributed by atoms with Gasteiger partial charge in [-0.05, 0) is 25.4 Å². The molecule has 0 fully saturated rings. The van der Waals surface area contributed by atoms with Crippen molar-refractivity contribution in [3.63, 3.8) is 0 Å². The Bertz CT molecular complexity index is 467. The molecule has 0 amide bonds. The average Bonchev–Trinajstić information content (AvgIpc) is 2.68. The minimum absolute atomic E-state index is 0.796. The molecule has 86 valence electrons. The molecule has 0 aliphatic carbocycles. The summed E-state index contributed by atoms with van der Waals surface area (Å²) in [5, 5.41) is 11.4. The van der Waals surface area contributed by atoms with Gasteiger partial charge in [0.25, 0.3) is 0 Å². The monoisotopic (exact) mass is 237 g/mol. The minimum Gasteiger partial charge on any atom is -0.367 e. The van der Waals surface area contributed by atoms with Crippen molar-refractivity contribution in [2.45, 2.75) is 13.3 Å². The molecule has 2 aromatic rings. The molecule has 2 heterocycles. The number of aromatic nitrogens is 4. The molecule has 2 rings (SSSR count). The number of hydrogen-bond donors (Lipinski definition) is 1. The lowest BCUT2D eigenvalue weighted by molar-refractivity contribution is 0.972. The predicted octanol–water partition coefficient (Wildman–Crippen LogP) is 1.60. The second-order valence-electron chi connectivity index (χ2n) is 3.49. The van der Waals surface area contributed by atoms with E-state index in [4.69, 9.17) is 0 Å². The van der Waals surface area contributed by atoms with Crippen LogP contribution >= 0.6 is 11.8 Å². The Labute approximate surface area is 98.7 Å². The number of fused-ring (bicyclic) bond motifs is 1. The molecule has 2 aromatic heterocycles. The standard InChI is InChI=1S/C10H15N5S/c1-8-13-14-10-9(11-4-3-7-16-2)12-5-6-15(8)10/h5-6H,3-4,7H2,1-2H3,(H,11,12). The summed E-state index contributed by atoms with van der Waals surface area (Å²) < 4.78 is 1.93. The van der Waals surface area contributed by atoms with Crippen LogP contribution in [0.1, 0.15) is 12.2 Å². The maximum Gasteiger partial charge on any atom is 0.203 e. The number of anilines is 1. The van der Waals surface area contributed by atoms with Gasteiger partial charge in [0.05, 0.1) is 0 Å². The van der Waals surface area contributed by atoms with Crippen molar-refractivity contribution in [1.82, 2.24) is 19.6 Å². The Hall–Kier alpha value is -1.30. The fourth-order valence-electron chi connectivity index (χ4n) is 1.49. The summed E-state index contributed by atoms with van der Waals surface area (Å²) >= 11 is 1.85. The molecule has 5 nitrogen and oxygen atoms in total. The highest BCUT2D eigenvalue weighted by molar-refractivity contribution is 7.98. The van der Waals surface area contributed by atoms with Gasteiger partial charge in [0.2, 0.25) is 5.65 Å². The number of hydrogen-bond acceptors (Lipinski definition) is 5. The molecule has 0 saturated carbocycles. The number of thioether (sulfide) groups is 1. The van der Waals surface area contributed by atoms with Crippen molar-refractivity contribution in [2.24, 2.45) is 0 Å². The summed E-state index contributed by atoms with van der Waals surface area (Å²) in [4.78, 5) is 4.28. The van der Waals surface area contributed by atoms with E-state index in [0.717, 1.165) is 36.0 Å². The van der Waals surface area contributed by atoms with Crippen LogP contribution in [0.3, 0.4) is 0 Å². The molecular formula is C10H15N5S. The quantitative estimate of drug-likeness (QED) is 0.800. The molecule has 16 heavy (non-hydrogen) atoms. The van der Waals surface area contributed by atoms with E-state index in [0.29, 0.717) is 0 Å². The Morgan fingerprint density at radius 1 is 1.44 bits per heavy atom. The van der Waals surface area contributed by atoms with E-state index in [1.54, 1.807) is 6.20 Å².